The van der Waals surface area contributed by atoms with E-state index < -0.39 is 0 Å². The normalized spacial score (nSPS) is 11.3. The average Bonchev–Trinajstić information content (AvgIpc) is 3.08. The van der Waals surface area contributed by atoms with E-state index in [1.54, 1.807) is 12.3 Å². The molecule has 0 radical (unpaired) electrons. The molecule has 0 fully saturated rings. The second kappa shape index (κ2) is 7.04. The molecular weight excluding hydrogens is 324 g/mol. The van der Waals surface area contributed by atoms with Crippen LogP contribution < -0.4 is 5.43 Å². The highest BCUT2D eigenvalue weighted by atomic mass is 16.2. The van der Waals surface area contributed by atoms with E-state index in [0.717, 1.165) is 34.0 Å². The number of amides is 1. The first kappa shape index (κ1) is 17.7. The summed E-state index contributed by atoms with van der Waals surface area (Å²) < 4.78 is 4.21. The van der Waals surface area contributed by atoms with Gasteiger partial charge in [-0.3, -0.25) is 4.79 Å². The van der Waals surface area contributed by atoms with E-state index in [4.69, 9.17) is 0 Å². The van der Waals surface area contributed by atoms with Crippen molar-refractivity contribution in [2.45, 2.75) is 27.7 Å². The molecule has 0 saturated heterocycles. The number of hydrazone groups is 1. The van der Waals surface area contributed by atoms with Gasteiger partial charge in [0.15, 0.2) is 0 Å². The zero-order chi connectivity index (χ0) is 18.8. The summed E-state index contributed by atoms with van der Waals surface area (Å²) >= 11 is 0. The Hall–Kier alpha value is -3.08. The van der Waals surface area contributed by atoms with Gasteiger partial charge in [0.25, 0.3) is 5.91 Å². The smallest absolute Gasteiger partial charge is 0.271 e. The van der Waals surface area contributed by atoms with E-state index in [9.17, 15) is 4.79 Å². The van der Waals surface area contributed by atoms with Crippen LogP contribution in [-0.4, -0.2) is 21.3 Å². The highest BCUT2D eigenvalue weighted by Gasteiger charge is 2.09. The molecular formula is C21H24N4O. The van der Waals surface area contributed by atoms with Crippen LogP contribution in [0, 0.1) is 27.7 Å². The molecule has 0 spiro atoms. The zero-order valence-corrected chi connectivity index (χ0v) is 15.9. The Morgan fingerprint density at radius 1 is 1.00 bits per heavy atom. The molecule has 1 amide bonds. The van der Waals surface area contributed by atoms with Crippen LogP contribution in [0.5, 0.6) is 0 Å². The molecule has 0 bridgehead atoms. The van der Waals surface area contributed by atoms with Gasteiger partial charge < -0.3 is 9.13 Å². The summed E-state index contributed by atoms with van der Waals surface area (Å²) in [6, 6.07) is 13.7. The van der Waals surface area contributed by atoms with Crippen molar-refractivity contribution in [1.29, 1.82) is 0 Å². The van der Waals surface area contributed by atoms with Crippen molar-refractivity contribution in [1.82, 2.24) is 14.6 Å². The van der Waals surface area contributed by atoms with Gasteiger partial charge in [-0.05, 0) is 64.1 Å². The molecule has 1 N–H and O–H groups in total. The van der Waals surface area contributed by atoms with Crippen LogP contribution in [0.2, 0.25) is 0 Å². The van der Waals surface area contributed by atoms with Crippen molar-refractivity contribution >= 4 is 12.1 Å². The van der Waals surface area contributed by atoms with Crippen LogP contribution in [0.25, 0.3) is 5.69 Å². The first-order valence-electron chi connectivity index (χ1n) is 8.60. The summed E-state index contributed by atoms with van der Waals surface area (Å²) in [5, 5.41) is 4.12. The number of nitrogens with one attached hydrogen (secondary N) is 1. The number of aromatic nitrogens is 2. The van der Waals surface area contributed by atoms with E-state index in [0.29, 0.717) is 5.56 Å². The summed E-state index contributed by atoms with van der Waals surface area (Å²) in [7, 11) is 2.01. The molecule has 2 heterocycles. The number of aryl methyl sites for hydroxylation is 3. The first-order valence-corrected chi connectivity index (χ1v) is 8.60. The van der Waals surface area contributed by atoms with Gasteiger partial charge in [-0.25, -0.2) is 5.43 Å². The Labute approximate surface area is 154 Å². The number of benzene rings is 1. The molecule has 5 nitrogen and oxygen atoms in total. The molecule has 5 heteroatoms. The number of nitrogens with zero attached hydrogens (tertiary/aromatic N) is 3. The molecule has 0 atom stereocenters. The average molecular weight is 348 g/mol. The van der Waals surface area contributed by atoms with Gasteiger partial charge in [0.05, 0.1) is 6.21 Å². The van der Waals surface area contributed by atoms with Crippen molar-refractivity contribution in [3.63, 3.8) is 0 Å². The molecule has 1 aromatic carbocycles. The summed E-state index contributed by atoms with van der Waals surface area (Å²) in [5.74, 6) is -0.226. The third-order valence-electron chi connectivity index (χ3n) is 4.82. The van der Waals surface area contributed by atoms with Crippen molar-refractivity contribution < 1.29 is 4.79 Å². The molecule has 26 heavy (non-hydrogen) atoms. The van der Waals surface area contributed by atoms with Crippen molar-refractivity contribution in [3.05, 3.63) is 76.4 Å². The predicted molar refractivity (Wildman–Crippen MR) is 105 cm³/mol. The quantitative estimate of drug-likeness (QED) is 0.566. The lowest BCUT2D eigenvalue weighted by atomic mass is 10.2. The first-order chi connectivity index (χ1) is 12.4. The number of rotatable bonds is 4. The summed E-state index contributed by atoms with van der Waals surface area (Å²) in [5.41, 5.74) is 9.69. The summed E-state index contributed by atoms with van der Waals surface area (Å²) in [4.78, 5) is 12.4. The van der Waals surface area contributed by atoms with Crippen LogP contribution in [0.3, 0.4) is 0 Å². The molecule has 2 aromatic heterocycles. The SMILES string of the molecule is Cc1cc(/C=N\NC(=O)c2cccc(-n3c(C)ccc3C)c2)c(C)n1C. The van der Waals surface area contributed by atoms with Crippen molar-refractivity contribution in [2.24, 2.45) is 12.1 Å². The lowest BCUT2D eigenvalue weighted by Gasteiger charge is -2.10. The molecule has 0 aliphatic rings. The lowest BCUT2D eigenvalue weighted by molar-refractivity contribution is 0.0955. The second-order valence-electron chi connectivity index (χ2n) is 6.59. The summed E-state index contributed by atoms with van der Waals surface area (Å²) in [6.45, 7) is 8.17. The summed E-state index contributed by atoms with van der Waals surface area (Å²) in [6.07, 6.45) is 1.68. The number of hydrogen-bond acceptors (Lipinski definition) is 2. The Morgan fingerprint density at radius 3 is 2.31 bits per heavy atom. The molecule has 0 aliphatic heterocycles. The number of carbonyl (C=O) groups is 1. The van der Waals surface area contributed by atoms with Gasteiger partial charge in [0, 0.05) is 46.6 Å². The van der Waals surface area contributed by atoms with Crippen molar-refractivity contribution in [3.8, 4) is 5.69 Å². The fourth-order valence-electron chi connectivity index (χ4n) is 3.10. The predicted octanol–water partition coefficient (Wildman–Crippen LogP) is 3.81. The largest absolute Gasteiger partial charge is 0.352 e. The highest BCUT2D eigenvalue weighted by molar-refractivity contribution is 5.95. The van der Waals surface area contributed by atoms with E-state index in [1.807, 2.05) is 59.0 Å². The molecule has 3 aromatic rings. The van der Waals surface area contributed by atoms with E-state index in [1.165, 1.54) is 0 Å². The van der Waals surface area contributed by atoms with Crippen LogP contribution in [0.1, 0.15) is 38.7 Å². The van der Waals surface area contributed by atoms with Crippen LogP contribution in [0.15, 0.2) is 47.6 Å². The van der Waals surface area contributed by atoms with E-state index >= 15 is 0 Å². The van der Waals surface area contributed by atoms with Gasteiger partial charge in [-0.1, -0.05) is 6.07 Å². The fraction of sp³-hybridized carbons (Fsp3) is 0.238. The highest BCUT2D eigenvalue weighted by Crippen LogP contribution is 2.17. The monoisotopic (exact) mass is 348 g/mol. The zero-order valence-electron chi connectivity index (χ0n) is 15.9. The minimum atomic E-state index is -0.226. The maximum atomic E-state index is 12.4. The molecule has 0 unspecified atom stereocenters. The molecule has 134 valence electrons. The third-order valence-corrected chi connectivity index (χ3v) is 4.82. The van der Waals surface area contributed by atoms with Gasteiger partial charge in [-0.2, -0.15) is 5.10 Å². The standard InChI is InChI=1S/C21H24N4O/c1-14-9-10-15(2)25(14)20-8-6-7-18(12-20)21(26)23-22-13-19-11-16(3)24(5)17(19)4/h6-13H,1-5H3,(H,23,26)/b22-13-. The van der Waals surface area contributed by atoms with Gasteiger partial charge in [0.1, 0.15) is 0 Å². The van der Waals surface area contributed by atoms with Gasteiger partial charge >= 0.3 is 0 Å². The maximum absolute atomic E-state index is 12.4. The fourth-order valence-corrected chi connectivity index (χ4v) is 3.10. The minimum Gasteiger partial charge on any atom is -0.352 e. The van der Waals surface area contributed by atoms with Crippen LogP contribution in [0.4, 0.5) is 0 Å². The Kier molecular flexibility index (Phi) is 4.80. The van der Waals surface area contributed by atoms with Crippen LogP contribution in [-0.2, 0) is 7.05 Å². The topological polar surface area (TPSA) is 51.3 Å². The second-order valence-corrected chi connectivity index (χ2v) is 6.59. The van der Waals surface area contributed by atoms with E-state index in [2.05, 4.69) is 31.8 Å². The number of carbonyl (C=O) groups excluding carboxylic acids is 1. The lowest BCUT2D eigenvalue weighted by Crippen LogP contribution is -2.18. The van der Waals surface area contributed by atoms with Crippen LogP contribution >= 0.6 is 0 Å². The Balaban J connectivity index is 1.77. The maximum Gasteiger partial charge on any atom is 0.271 e. The van der Waals surface area contributed by atoms with Crippen molar-refractivity contribution in [2.75, 3.05) is 0 Å². The molecule has 0 saturated carbocycles. The van der Waals surface area contributed by atoms with Gasteiger partial charge in [0.2, 0.25) is 0 Å². The molecule has 0 aliphatic carbocycles. The Bertz CT molecular complexity index is 972. The third kappa shape index (κ3) is 3.33. The van der Waals surface area contributed by atoms with Gasteiger partial charge in [-0.15, -0.1) is 0 Å². The minimum absolute atomic E-state index is 0.226. The Morgan fingerprint density at radius 2 is 1.69 bits per heavy atom. The van der Waals surface area contributed by atoms with E-state index in [-0.39, 0.29) is 5.91 Å². The number of hydrogen-bond donors (Lipinski definition) is 1. The molecule has 3 rings (SSSR count).